The van der Waals surface area contributed by atoms with Crippen LogP contribution >= 0.6 is 0 Å². The zero-order chi connectivity index (χ0) is 38.9. The third-order valence-corrected chi connectivity index (χ3v) is 11.7. The van der Waals surface area contributed by atoms with Gasteiger partial charge in [-0.1, -0.05) is 170 Å². The number of rotatable bonds is 5. The molecule has 59 heavy (non-hydrogen) atoms. The van der Waals surface area contributed by atoms with Crippen molar-refractivity contribution in [1.29, 1.82) is 0 Å². The number of nitrogens with zero attached hydrogens (tertiary/aromatic N) is 3. The van der Waals surface area contributed by atoms with E-state index in [0.29, 0.717) is 0 Å². The van der Waals surface area contributed by atoms with E-state index in [0.717, 1.165) is 116 Å². The average molecular weight is 752 g/mol. The van der Waals surface area contributed by atoms with Crippen molar-refractivity contribution in [3.8, 4) is 56.0 Å². The molecule has 12 aromatic rings. The van der Waals surface area contributed by atoms with Crippen molar-refractivity contribution in [1.82, 2.24) is 15.0 Å². The number of hydrogen-bond acceptors (Lipinski definition) is 4. The Morgan fingerprint density at radius 1 is 0.322 bits per heavy atom. The SMILES string of the molecule is c1ccc(-c2ccc3ccc4ccc(-c5ccc(-c6ccc(-c7c8c(cc9c(-c%10ccccc%10)nc%10ccccc%10c79)oc7ccccc78)cc6)cc5)nc4c3n2)cc1. The van der Waals surface area contributed by atoms with Crippen molar-refractivity contribution in [2.45, 2.75) is 0 Å². The average Bonchev–Trinajstić information content (AvgIpc) is 3.69. The second kappa shape index (κ2) is 13.3. The summed E-state index contributed by atoms with van der Waals surface area (Å²) < 4.78 is 6.60. The van der Waals surface area contributed by atoms with E-state index in [4.69, 9.17) is 19.4 Å². The molecule has 0 N–H and O–H groups in total. The number of para-hydroxylation sites is 2. The quantitative estimate of drug-likeness (QED) is 0.164. The van der Waals surface area contributed by atoms with Crippen LogP contribution in [-0.2, 0) is 0 Å². The molecule has 0 aliphatic heterocycles. The lowest BCUT2D eigenvalue weighted by Gasteiger charge is -2.16. The molecule has 0 saturated heterocycles. The van der Waals surface area contributed by atoms with Gasteiger partial charge in [0.1, 0.15) is 11.2 Å². The summed E-state index contributed by atoms with van der Waals surface area (Å²) in [5.74, 6) is 0. The molecular weight excluding hydrogens is 719 g/mol. The summed E-state index contributed by atoms with van der Waals surface area (Å²) in [6, 6.07) is 70.2. The Bertz CT molecular complexity index is 3580. The van der Waals surface area contributed by atoms with Gasteiger partial charge in [0.25, 0.3) is 0 Å². The Balaban J connectivity index is 0.966. The van der Waals surface area contributed by atoms with Gasteiger partial charge in [0.05, 0.1) is 33.6 Å². The maximum absolute atomic E-state index is 6.60. The predicted molar refractivity (Wildman–Crippen MR) is 244 cm³/mol. The predicted octanol–water partition coefficient (Wildman–Crippen LogP) is 14.7. The first kappa shape index (κ1) is 33.2. The summed E-state index contributed by atoms with van der Waals surface area (Å²) in [7, 11) is 0. The van der Waals surface area contributed by atoms with Crippen molar-refractivity contribution in [2.75, 3.05) is 0 Å². The highest BCUT2D eigenvalue weighted by Crippen LogP contribution is 2.46. The largest absolute Gasteiger partial charge is 0.456 e. The molecule has 12 rings (SSSR count). The highest BCUT2D eigenvalue weighted by atomic mass is 16.3. The second-order valence-electron chi connectivity index (χ2n) is 15.1. The minimum atomic E-state index is 0.852. The van der Waals surface area contributed by atoms with E-state index in [1.54, 1.807) is 0 Å². The first-order valence-electron chi connectivity index (χ1n) is 19.9. The van der Waals surface area contributed by atoms with E-state index in [-0.39, 0.29) is 0 Å². The van der Waals surface area contributed by atoms with Crippen LogP contribution in [-0.4, -0.2) is 15.0 Å². The number of fused-ring (bicyclic) bond motifs is 9. The van der Waals surface area contributed by atoms with E-state index in [1.807, 2.05) is 30.3 Å². The summed E-state index contributed by atoms with van der Waals surface area (Å²) in [5, 5.41) is 7.72. The summed E-state index contributed by atoms with van der Waals surface area (Å²) in [6.07, 6.45) is 0. The molecule has 8 aromatic carbocycles. The van der Waals surface area contributed by atoms with Crippen molar-refractivity contribution < 1.29 is 4.42 Å². The fourth-order valence-corrected chi connectivity index (χ4v) is 8.78. The lowest BCUT2D eigenvalue weighted by Crippen LogP contribution is -1.93. The topological polar surface area (TPSA) is 51.8 Å². The molecular formula is C55H33N3O. The molecule has 0 spiro atoms. The summed E-state index contributed by atoms with van der Waals surface area (Å²) in [5.41, 5.74) is 15.1. The first-order chi connectivity index (χ1) is 29.2. The number of hydrogen-bond donors (Lipinski definition) is 0. The third-order valence-electron chi connectivity index (χ3n) is 11.7. The smallest absolute Gasteiger partial charge is 0.136 e. The zero-order valence-corrected chi connectivity index (χ0v) is 31.8. The van der Waals surface area contributed by atoms with Crippen molar-refractivity contribution >= 4 is 65.4 Å². The van der Waals surface area contributed by atoms with Gasteiger partial charge < -0.3 is 4.42 Å². The lowest BCUT2D eigenvalue weighted by molar-refractivity contribution is 0.669. The van der Waals surface area contributed by atoms with Crippen LogP contribution in [0.4, 0.5) is 0 Å². The molecule has 4 nitrogen and oxygen atoms in total. The van der Waals surface area contributed by atoms with Gasteiger partial charge in [-0.15, -0.1) is 0 Å². The molecule has 0 fully saturated rings. The standard InChI is InChI=1S/C55H33N3O/c1-3-11-36(12-4-1)45-31-29-40-27-28-41-30-32-46(57-55(41)54(40)56-45)37-23-19-34(20-24-37)35-21-25-38(26-22-35)50-51-42-15-7-9-17-47(42)58-53(39-13-5-2-6-14-39)44(51)33-49-52(50)43-16-8-10-18-48(43)59-49/h1-33H. The molecule has 4 heterocycles. The van der Waals surface area contributed by atoms with E-state index < -0.39 is 0 Å². The van der Waals surface area contributed by atoms with Gasteiger partial charge in [-0.2, -0.15) is 0 Å². The van der Waals surface area contributed by atoms with Gasteiger partial charge in [0, 0.05) is 60.0 Å². The zero-order valence-electron chi connectivity index (χ0n) is 31.8. The monoisotopic (exact) mass is 751 g/mol. The number of benzene rings is 8. The van der Waals surface area contributed by atoms with Gasteiger partial charge >= 0.3 is 0 Å². The molecule has 4 aromatic heterocycles. The van der Waals surface area contributed by atoms with Crippen LogP contribution in [0.25, 0.3) is 121 Å². The van der Waals surface area contributed by atoms with Gasteiger partial charge in [-0.05, 0) is 47.0 Å². The van der Waals surface area contributed by atoms with Crippen LogP contribution in [0, 0.1) is 0 Å². The van der Waals surface area contributed by atoms with Crippen LogP contribution in [0.5, 0.6) is 0 Å². The Labute approximate surface area is 339 Å². The molecule has 0 saturated carbocycles. The highest BCUT2D eigenvalue weighted by Gasteiger charge is 2.21. The van der Waals surface area contributed by atoms with Crippen molar-refractivity contribution in [2.24, 2.45) is 0 Å². The van der Waals surface area contributed by atoms with Gasteiger partial charge in [-0.25, -0.2) is 15.0 Å². The molecule has 4 heteroatoms. The van der Waals surface area contributed by atoms with E-state index in [9.17, 15) is 0 Å². The van der Waals surface area contributed by atoms with Crippen molar-refractivity contribution in [3.63, 3.8) is 0 Å². The normalized spacial score (nSPS) is 11.7. The maximum Gasteiger partial charge on any atom is 0.136 e. The maximum atomic E-state index is 6.60. The number of pyridine rings is 3. The molecule has 0 unspecified atom stereocenters. The fraction of sp³-hybridized carbons (Fsp3) is 0. The van der Waals surface area contributed by atoms with Crippen LogP contribution in [0.2, 0.25) is 0 Å². The Morgan fingerprint density at radius 2 is 0.831 bits per heavy atom. The first-order valence-corrected chi connectivity index (χ1v) is 19.9. The molecule has 0 amide bonds. The lowest BCUT2D eigenvalue weighted by atomic mass is 9.89. The third kappa shape index (κ3) is 5.49. The molecule has 0 aliphatic rings. The minimum absolute atomic E-state index is 0.852. The van der Waals surface area contributed by atoms with E-state index >= 15 is 0 Å². The van der Waals surface area contributed by atoms with E-state index in [2.05, 4.69) is 170 Å². The fourth-order valence-electron chi connectivity index (χ4n) is 8.78. The van der Waals surface area contributed by atoms with Crippen molar-refractivity contribution in [3.05, 3.63) is 200 Å². The van der Waals surface area contributed by atoms with Crippen LogP contribution in [0.3, 0.4) is 0 Å². The molecule has 0 bridgehead atoms. The van der Waals surface area contributed by atoms with Crippen LogP contribution in [0.15, 0.2) is 205 Å². The number of furan rings is 1. The summed E-state index contributed by atoms with van der Waals surface area (Å²) in [4.78, 5) is 15.5. The van der Waals surface area contributed by atoms with Crippen LogP contribution in [0.1, 0.15) is 0 Å². The minimum Gasteiger partial charge on any atom is -0.456 e. The van der Waals surface area contributed by atoms with Gasteiger partial charge in [-0.3, -0.25) is 0 Å². The molecule has 0 radical (unpaired) electrons. The summed E-state index contributed by atoms with van der Waals surface area (Å²) in [6.45, 7) is 0. The Hall–Kier alpha value is -7.95. The molecule has 0 aliphatic carbocycles. The Morgan fingerprint density at radius 3 is 1.49 bits per heavy atom. The number of aromatic nitrogens is 3. The second-order valence-corrected chi connectivity index (χ2v) is 15.1. The molecule has 274 valence electrons. The highest BCUT2D eigenvalue weighted by molar-refractivity contribution is 6.27. The van der Waals surface area contributed by atoms with Gasteiger partial charge in [0.2, 0.25) is 0 Å². The van der Waals surface area contributed by atoms with Crippen LogP contribution < -0.4 is 0 Å². The Kier molecular flexibility index (Phi) is 7.50. The van der Waals surface area contributed by atoms with E-state index in [1.165, 1.54) is 5.39 Å². The van der Waals surface area contributed by atoms with Gasteiger partial charge in [0.15, 0.2) is 0 Å². The molecule has 0 atom stereocenters. The summed E-state index contributed by atoms with van der Waals surface area (Å²) >= 11 is 0.